The monoisotopic (exact) mass is 230 g/mol. The van der Waals surface area contributed by atoms with E-state index >= 15 is 0 Å². The minimum atomic E-state index is 0.171. The predicted molar refractivity (Wildman–Crippen MR) is 67.4 cm³/mol. The number of nitrogens with zero attached hydrogens (tertiary/aromatic N) is 2. The van der Waals surface area contributed by atoms with Crippen LogP contribution in [-0.4, -0.2) is 17.1 Å². The van der Waals surface area contributed by atoms with Crippen molar-refractivity contribution in [2.45, 2.75) is 44.2 Å². The molecule has 2 rings (SSSR count). The molecule has 1 aromatic heterocycles. The van der Waals surface area contributed by atoms with Gasteiger partial charge in [-0.3, -0.25) is 0 Å². The first kappa shape index (κ1) is 11.9. The molecular formula is C13H18N4. The van der Waals surface area contributed by atoms with Gasteiger partial charge in [0.1, 0.15) is 6.07 Å². The lowest BCUT2D eigenvalue weighted by Crippen LogP contribution is -2.39. The average molecular weight is 230 g/mol. The topological polar surface area (TPSA) is 74.7 Å². The third-order valence-corrected chi connectivity index (χ3v) is 3.32. The zero-order chi connectivity index (χ0) is 12.1. The van der Waals surface area contributed by atoms with Crippen molar-refractivity contribution >= 4 is 5.69 Å². The van der Waals surface area contributed by atoms with Gasteiger partial charge in [0, 0.05) is 18.3 Å². The highest BCUT2D eigenvalue weighted by Gasteiger charge is 2.20. The summed E-state index contributed by atoms with van der Waals surface area (Å²) in [7, 11) is 0. The molecule has 1 fully saturated rings. The van der Waals surface area contributed by atoms with Crippen LogP contribution >= 0.6 is 0 Å². The fourth-order valence-electron chi connectivity index (χ4n) is 2.33. The number of hydrogen-bond donors (Lipinski definition) is 2. The van der Waals surface area contributed by atoms with E-state index in [4.69, 9.17) is 11.0 Å². The van der Waals surface area contributed by atoms with E-state index in [1.807, 2.05) is 12.1 Å². The molecule has 0 aromatic carbocycles. The lowest BCUT2D eigenvalue weighted by atomic mass is 10.0. The fourth-order valence-corrected chi connectivity index (χ4v) is 2.33. The summed E-state index contributed by atoms with van der Waals surface area (Å²) in [6.45, 7) is 0. The number of nitrogens with one attached hydrogen (secondary N) is 1. The Morgan fingerprint density at radius 3 is 3.00 bits per heavy atom. The molecule has 0 radical (unpaired) electrons. The van der Waals surface area contributed by atoms with E-state index in [1.54, 1.807) is 6.20 Å². The van der Waals surface area contributed by atoms with Crippen LogP contribution in [-0.2, 0) is 0 Å². The lowest BCUT2D eigenvalue weighted by Gasteiger charge is -2.24. The predicted octanol–water partition coefficient (Wildman–Crippen LogP) is 2.03. The van der Waals surface area contributed by atoms with Crippen LogP contribution in [0.5, 0.6) is 0 Å². The minimum Gasteiger partial charge on any atom is -0.378 e. The highest BCUT2D eigenvalue weighted by molar-refractivity contribution is 5.54. The summed E-state index contributed by atoms with van der Waals surface area (Å²) in [5.74, 6) is 0. The van der Waals surface area contributed by atoms with Gasteiger partial charge in [-0.1, -0.05) is 19.3 Å². The summed E-state index contributed by atoms with van der Waals surface area (Å²) < 4.78 is 0. The molecular weight excluding hydrogens is 212 g/mol. The zero-order valence-corrected chi connectivity index (χ0v) is 9.89. The van der Waals surface area contributed by atoms with Gasteiger partial charge < -0.3 is 11.1 Å². The van der Waals surface area contributed by atoms with Crippen LogP contribution in [0.15, 0.2) is 18.3 Å². The molecule has 1 saturated carbocycles. The van der Waals surface area contributed by atoms with Crippen molar-refractivity contribution < 1.29 is 0 Å². The van der Waals surface area contributed by atoms with Crippen LogP contribution < -0.4 is 11.1 Å². The molecule has 1 heterocycles. The summed E-state index contributed by atoms with van der Waals surface area (Å²) in [6.07, 6.45) is 7.42. The third kappa shape index (κ3) is 2.95. The third-order valence-electron chi connectivity index (χ3n) is 3.32. The van der Waals surface area contributed by atoms with Gasteiger partial charge in [-0.15, -0.1) is 0 Å². The quantitative estimate of drug-likeness (QED) is 0.762. The van der Waals surface area contributed by atoms with Gasteiger partial charge in [-0.2, -0.15) is 5.26 Å². The Bertz CT molecular complexity index is 410. The number of nitriles is 1. The number of aromatic nitrogens is 1. The van der Waals surface area contributed by atoms with Gasteiger partial charge in [0.15, 0.2) is 5.69 Å². The van der Waals surface area contributed by atoms with Gasteiger partial charge in [0.05, 0.1) is 5.69 Å². The second-order valence-electron chi connectivity index (χ2n) is 4.56. The molecule has 0 bridgehead atoms. The maximum absolute atomic E-state index is 8.99. The first-order chi connectivity index (χ1) is 8.31. The molecule has 4 nitrogen and oxygen atoms in total. The number of anilines is 1. The number of hydrogen-bond acceptors (Lipinski definition) is 4. The molecule has 1 aliphatic rings. The number of nitrogens with two attached hydrogens (primary N) is 1. The van der Waals surface area contributed by atoms with Gasteiger partial charge in [0.25, 0.3) is 0 Å². The molecule has 1 aliphatic carbocycles. The average Bonchev–Trinajstić information content (AvgIpc) is 2.56. The smallest absolute Gasteiger partial charge is 0.163 e. The molecule has 3 N–H and O–H groups in total. The van der Waals surface area contributed by atoms with Gasteiger partial charge in [-0.25, -0.2) is 4.98 Å². The molecule has 0 aliphatic heterocycles. The van der Waals surface area contributed by atoms with E-state index in [2.05, 4.69) is 16.4 Å². The van der Waals surface area contributed by atoms with Crippen molar-refractivity contribution in [2.24, 2.45) is 5.73 Å². The van der Waals surface area contributed by atoms with E-state index in [0.29, 0.717) is 5.69 Å². The summed E-state index contributed by atoms with van der Waals surface area (Å²) in [5.41, 5.74) is 7.40. The van der Waals surface area contributed by atoms with Crippen molar-refractivity contribution in [1.29, 1.82) is 5.26 Å². The Balaban J connectivity index is 2.11. The molecule has 1 aromatic rings. The van der Waals surface area contributed by atoms with Crippen molar-refractivity contribution in [3.05, 3.63) is 24.0 Å². The van der Waals surface area contributed by atoms with Crippen LogP contribution in [0.3, 0.4) is 0 Å². The highest BCUT2D eigenvalue weighted by atomic mass is 15.0. The van der Waals surface area contributed by atoms with Crippen LogP contribution in [0.2, 0.25) is 0 Å². The SMILES string of the molecule is N#Cc1ncccc1NC1CCCCCC1N. The van der Waals surface area contributed by atoms with Gasteiger partial charge in [-0.05, 0) is 25.0 Å². The second kappa shape index (κ2) is 5.65. The van der Waals surface area contributed by atoms with Crippen molar-refractivity contribution in [1.82, 2.24) is 4.98 Å². The molecule has 2 unspecified atom stereocenters. The van der Waals surface area contributed by atoms with Gasteiger partial charge in [0.2, 0.25) is 0 Å². The molecule has 0 saturated heterocycles. The molecule has 2 atom stereocenters. The second-order valence-corrected chi connectivity index (χ2v) is 4.56. The molecule has 90 valence electrons. The van der Waals surface area contributed by atoms with E-state index in [1.165, 1.54) is 19.3 Å². The first-order valence-electron chi connectivity index (χ1n) is 6.18. The standard InChI is InChI=1S/C13H18N4/c14-9-13-12(7-4-8-16-13)17-11-6-3-1-2-5-10(11)15/h4,7-8,10-11,17H,1-3,5-6,15H2. The van der Waals surface area contributed by atoms with Crippen molar-refractivity contribution in [3.8, 4) is 6.07 Å². The Kier molecular flexibility index (Phi) is 3.94. The van der Waals surface area contributed by atoms with Crippen molar-refractivity contribution in [3.63, 3.8) is 0 Å². The Morgan fingerprint density at radius 1 is 1.35 bits per heavy atom. The molecule has 17 heavy (non-hydrogen) atoms. The normalized spacial score (nSPS) is 24.7. The van der Waals surface area contributed by atoms with Crippen LogP contribution in [0, 0.1) is 11.3 Å². The fraction of sp³-hybridized carbons (Fsp3) is 0.538. The van der Waals surface area contributed by atoms with E-state index in [0.717, 1.165) is 18.5 Å². The summed E-state index contributed by atoms with van der Waals surface area (Å²) in [5, 5.41) is 12.4. The van der Waals surface area contributed by atoms with Gasteiger partial charge >= 0.3 is 0 Å². The minimum absolute atomic E-state index is 0.171. The Morgan fingerprint density at radius 2 is 2.18 bits per heavy atom. The Labute approximate surface area is 102 Å². The van der Waals surface area contributed by atoms with Crippen LogP contribution in [0.25, 0.3) is 0 Å². The maximum Gasteiger partial charge on any atom is 0.163 e. The van der Waals surface area contributed by atoms with Crippen LogP contribution in [0.4, 0.5) is 5.69 Å². The zero-order valence-electron chi connectivity index (χ0n) is 9.89. The Hall–Kier alpha value is -1.60. The van der Waals surface area contributed by atoms with E-state index in [-0.39, 0.29) is 12.1 Å². The maximum atomic E-state index is 8.99. The van der Waals surface area contributed by atoms with Crippen molar-refractivity contribution in [2.75, 3.05) is 5.32 Å². The summed E-state index contributed by atoms with van der Waals surface area (Å²) in [6, 6.07) is 6.26. The molecule has 0 spiro atoms. The van der Waals surface area contributed by atoms with E-state index < -0.39 is 0 Å². The highest BCUT2D eigenvalue weighted by Crippen LogP contribution is 2.21. The number of pyridine rings is 1. The largest absolute Gasteiger partial charge is 0.378 e. The molecule has 0 amide bonds. The molecule has 4 heteroatoms. The number of rotatable bonds is 2. The van der Waals surface area contributed by atoms with E-state index in [9.17, 15) is 0 Å². The lowest BCUT2D eigenvalue weighted by molar-refractivity contribution is 0.528. The summed E-state index contributed by atoms with van der Waals surface area (Å²) in [4.78, 5) is 4.05. The van der Waals surface area contributed by atoms with Crippen LogP contribution in [0.1, 0.15) is 37.8 Å². The summed E-state index contributed by atoms with van der Waals surface area (Å²) >= 11 is 0. The first-order valence-corrected chi connectivity index (χ1v) is 6.18.